The lowest BCUT2D eigenvalue weighted by Gasteiger charge is -2.08. The second-order valence-corrected chi connectivity index (χ2v) is 8.83. The molecule has 0 N–H and O–H groups in total. The molecule has 18 heteroatoms. The number of halogens is 12. The molecule has 3 aromatic carbocycles. The molecule has 3 aromatic rings. The standard InChI is InChI=1S/C30F12N6/c1-45-27(13-19(35)15(31)8(6-44)16(32)20(13)36)11-9(7(5-43)10-17(33)23(39)29(47-3)24(40)18(10)34)12(11)28(46-2)14-21(37)25(41)30(48-4)26(42)22(14)38/b9-7-,27-11-,28-12+. The summed E-state index contributed by atoms with van der Waals surface area (Å²) in [4.78, 5) is 9.72. The Balaban J connectivity index is 2.38. The van der Waals surface area contributed by atoms with Crippen LogP contribution in [0.15, 0.2) is 16.7 Å². The molecule has 0 radical (unpaired) electrons. The first-order valence-electron chi connectivity index (χ1n) is 11.8. The lowest BCUT2D eigenvalue weighted by molar-refractivity contribution is 0.446. The molecule has 234 valence electrons. The quantitative estimate of drug-likeness (QED) is 0.121. The summed E-state index contributed by atoms with van der Waals surface area (Å²) in [6, 6.07) is 1.75. The summed E-state index contributed by atoms with van der Waals surface area (Å²) in [6.07, 6.45) is 0. The number of allylic oxidation sites excluding steroid dienone is 4. The summed E-state index contributed by atoms with van der Waals surface area (Å²) in [5.41, 5.74) is -21.3. The first kappa shape index (κ1) is 33.9. The minimum atomic E-state index is -2.51. The molecule has 0 aromatic heterocycles. The molecule has 0 aliphatic heterocycles. The van der Waals surface area contributed by atoms with Crippen molar-refractivity contribution in [2.24, 2.45) is 0 Å². The highest BCUT2D eigenvalue weighted by Crippen LogP contribution is 2.58. The second-order valence-electron chi connectivity index (χ2n) is 8.83. The Labute approximate surface area is 258 Å². The van der Waals surface area contributed by atoms with Crippen molar-refractivity contribution in [1.29, 1.82) is 10.5 Å². The van der Waals surface area contributed by atoms with Crippen LogP contribution in [0.4, 0.5) is 64.1 Å². The van der Waals surface area contributed by atoms with E-state index >= 15 is 26.3 Å². The van der Waals surface area contributed by atoms with Crippen LogP contribution in [0.2, 0.25) is 0 Å². The van der Waals surface area contributed by atoms with E-state index in [1.807, 2.05) is 0 Å². The molecule has 0 spiro atoms. The minimum absolute atomic E-state index is 0.778. The van der Waals surface area contributed by atoms with Crippen molar-refractivity contribution in [2.45, 2.75) is 0 Å². The zero-order chi connectivity index (χ0) is 36.1. The molecule has 1 aliphatic rings. The maximum absolute atomic E-state index is 15.1. The molecule has 0 heterocycles. The van der Waals surface area contributed by atoms with Gasteiger partial charge >= 0.3 is 0 Å². The van der Waals surface area contributed by atoms with Gasteiger partial charge < -0.3 is 0 Å². The lowest BCUT2D eigenvalue weighted by atomic mass is 10.0. The van der Waals surface area contributed by atoms with Crippen molar-refractivity contribution in [3.63, 3.8) is 0 Å². The van der Waals surface area contributed by atoms with Gasteiger partial charge in [-0.05, 0) is 16.7 Å². The molecular weight excluding hydrogens is 672 g/mol. The number of nitrogens with zero attached hydrogens (tertiary/aromatic N) is 6. The largest absolute Gasteiger partial charge is 0.262 e. The Kier molecular flexibility index (Phi) is 8.51. The second kappa shape index (κ2) is 12.1. The molecule has 48 heavy (non-hydrogen) atoms. The Morgan fingerprint density at radius 2 is 0.750 bits per heavy atom. The molecule has 4 rings (SSSR count). The van der Waals surface area contributed by atoms with Gasteiger partial charge in [0.15, 0.2) is 58.2 Å². The van der Waals surface area contributed by atoms with Crippen LogP contribution in [0.1, 0.15) is 22.3 Å². The van der Waals surface area contributed by atoms with Crippen LogP contribution < -0.4 is 0 Å². The first-order valence-corrected chi connectivity index (χ1v) is 11.8. The molecule has 0 unspecified atom stereocenters. The summed E-state index contributed by atoms with van der Waals surface area (Å²) in [6.45, 7) is 28.3. The van der Waals surface area contributed by atoms with Gasteiger partial charge in [0.05, 0.1) is 48.6 Å². The van der Waals surface area contributed by atoms with E-state index in [0.29, 0.717) is 0 Å². The van der Waals surface area contributed by atoms with Crippen LogP contribution in [0.3, 0.4) is 0 Å². The summed E-state index contributed by atoms with van der Waals surface area (Å²) in [7, 11) is 0. The van der Waals surface area contributed by atoms with Gasteiger partial charge in [0.2, 0.25) is 11.4 Å². The van der Waals surface area contributed by atoms with Gasteiger partial charge in [0, 0.05) is 0 Å². The smallest absolute Gasteiger partial charge is 0.237 e. The third-order valence-electron chi connectivity index (χ3n) is 6.55. The SMILES string of the molecule is [C-]#[N+]/C(=C1/C(=C(\C#N)c2c(F)c(F)c([N+]#[C-])c(F)c2F)/C1=C(\[N+]#[C-])c1c(F)c(F)c([N+]#[C-])c(F)c1F)c1c(F)c(F)c(C#N)c(F)c1F. The topological polar surface area (TPSA) is 65.0 Å². The van der Waals surface area contributed by atoms with E-state index in [9.17, 15) is 31.6 Å². The monoisotopic (exact) mass is 672 g/mol. The predicted octanol–water partition coefficient (Wildman–Crippen LogP) is 9.28. The van der Waals surface area contributed by atoms with Gasteiger partial charge in [-0.15, -0.1) is 0 Å². The summed E-state index contributed by atoms with van der Waals surface area (Å²) >= 11 is 0. The third kappa shape index (κ3) is 4.57. The van der Waals surface area contributed by atoms with Crippen molar-refractivity contribution in [2.75, 3.05) is 0 Å². The van der Waals surface area contributed by atoms with Gasteiger partial charge in [-0.2, -0.15) is 10.5 Å². The molecule has 1 aliphatic carbocycles. The maximum atomic E-state index is 15.1. The molecular formula is C30F12N6. The third-order valence-corrected chi connectivity index (χ3v) is 6.55. The zero-order valence-electron chi connectivity index (χ0n) is 22.2. The Morgan fingerprint density at radius 3 is 1.02 bits per heavy atom. The van der Waals surface area contributed by atoms with E-state index in [1.54, 1.807) is 0 Å². The molecule has 0 bridgehead atoms. The van der Waals surface area contributed by atoms with E-state index < -0.39 is 137 Å². The van der Waals surface area contributed by atoms with Crippen LogP contribution in [0.5, 0.6) is 0 Å². The summed E-state index contributed by atoms with van der Waals surface area (Å²) in [5.74, 6) is -29.6. The van der Waals surface area contributed by atoms with Gasteiger partial charge in [0.25, 0.3) is 11.4 Å². The van der Waals surface area contributed by atoms with E-state index in [0.717, 1.165) is 12.1 Å². The van der Waals surface area contributed by atoms with Crippen LogP contribution >= 0.6 is 0 Å². The maximum Gasteiger partial charge on any atom is 0.262 e. The summed E-state index contributed by atoms with van der Waals surface area (Å²) in [5, 5.41) is 18.7. The van der Waals surface area contributed by atoms with Gasteiger partial charge in [-0.25, -0.2) is 72.1 Å². The van der Waals surface area contributed by atoms with Crippen molar-refractivity contribution >= 4 is 28.3 Å². The number of rotatable bonds is 3. The van der Waals surface area contributed by atoms with Crippen molar-refractivity contribution in [1.82, 2.24) is 0 Å². The van der Waals surface area contributed by atoms with Crippen molar-refractivity contribution in [3.05, 3.63) is 154 Å². The van der Waals surface area contributed by atoms with Gasteiger partial charge in [0.1, 0.15) is 29.3 Å². The Morgan fingerprint density at radius 1 is 0.438 bits per heavy atom. The fraction of sp³-hybridized carbons (Fsp3) is 0. The fourth-order valence-corrected chi connectivity index (χ4v) is 4.42. The average Bonchev–Trinajstić information content (AvgIpc) is 3.78. The summed E-state index contributed by atoms with van der Waals surface area (Å²) < 4.78 is 177. The van der Waals surface area contributed by atoms with E-state index in [2.05, 4.69) is 19.4 Å². The number of benzene rings is 3. The molecule has 1 saturated carbocycles. The van der Waals surface area contributed by atoms with Crippen LogP contribution in [0.25, 0.3) is 36.3 Å². The highest BCUT2D eigenvalue weighted by molar-refractivity contribution is 6.10. The number of hydrogen-bond acceptors (Lipinski definition) is 2. The lowest BCUT2D eigenvalue weighted by Crippen LogP contribution is -2.06. The normalized spacial score (nSPS) is 14.9. The van der Waals surface area contributed by atoms with Crippen LogP contribution in [0, 0.1) is 119 Å². The Bertz CT molecular complexity index is 2070. The Hall–Kier alpha value is -7.02. The van der Waals surface area contributed by atoms with E-state index in [-0.39, 0.29) is 0 Å². The van der Waals surface area contributed by atoms with Crippen LogP contribution in [-0.2, 0) is 0 Å². The van der Waals surface area contributed by atoms with Crippen molar-refractivity contribution < 1.29 is 52.7 Å². The zero-order valence-corrected chi connectivity index (χ0v) is 22.2. The molecule has 1 fully saturated rings. The molecule has 0 atom stereocenters. The fourth-order valence-electron chi connectivity index (χ4n) is 4.42. The predicted molar refractivity (Wildman–Crippen MR) is 136 cm³/mol. The highest BCUT2D eigenvalue weighted by atomic mass is 19.2. The first-order chi connectivity index (χ1) is 22.6. The highest BCUT2D eigenvalue weighted by Gasteiger charge is 2.46. The molecule has 0 saturated heterocycles. The van der Waals surface area contributed by atoms with Crippen molar-refractivity contribution in [3.8, 4) is 12.1 Å². The van der Waals surface area contributed by atoms with Crippen LogP contribution in [-0.4, -0.2) is 0 Å². The van der Waals surface area contributed by atoms with Gasteiger partial charge in [-0.3, -0.25) is 0 Å². The number of nitriles is 2. The van der Waals surface area contributed by atoms with E-state index in [1.165, 1.54) is 0 Å². The molecule has 0 amide bonds. The molecule has 6 nitrogen and oxygen atoms in total. The van der Waals surface area contributed by atoms with Gasteiger partial charge in [-0.1, -0.05) is 0 Å². The average molecular weight is 672 g/mol. The number of hydrogen-bond donors (Lipinski definition) is 0. The van der Waals surface area contributed by atoms with E-state index in [4.69, 9.17) is 31.6 Å². The minimum Gasteiger partial charge on any atom is -0.237 e.